The van der Waals surface area contributed by atoms with Crippen LogP contribution in [0.3, 0.4) is 0 Å². The van der Waals surface area contributed by atoms with Gasteiger partial charge in [0.25, 0.3) is 0 Å². The fourth-order valence-electron chi connectivity index (χ4n) is 8.47. The summed E-state index contributed by atoms with van der Waals surface area (Å²) in [4.78, 5) is 8.59. The second kappa shape index (κ2) is 6.78. The lowest BCUT2D eigenvalue weighted by Crippen LogP contribution is -2.53. The molecular weight excluding hydrogens is 382 g/mol. The van der Waals surface area contributed by atoms with Crippen LogP contribution in [0.4, 0.5) is 5.95 Å². The van der Waals surface area contributed by atoms with Crippen molar-refractivity contribution in [1.29, 1.82) is 0 Å². The highest BCUT2D eigenvalue weighted by Crippen LogP contribution is 2.67. The fourth-order valence-corrected chi connectivity index (χ4v) is 8.47. The molecule has 7 atom stereocenters. The molecule has 0 amide bonds. The molecule has 0 radical (unpaired) electrons. The third kappa shape index (κ3) is 2.83. The van der Waals surface area contributed by atoms with Gasteiger partial charge in [0.2, 0.25) is 5.95 Å². The van der Waals surface area contributed by atoms with Crippen molar-refractivity contribution in [3.63, 3.8) is 0 Å². The molecule has 6 rings (SSSR count). The second-order valence-electron chi connectivity index (χ2n) is 11.4. The number of nitrogens with two attached hydrogens (primary N) is 1. The van der Waals surface area contributed by atoms with E-state index in [1.165, 1.54) is 44.1 Å². The first-order valence-corrected chi connectivity index (χ1v) is 12.3. The molecule has 0 saturated heterocycles. The molecular formula is C27H35N3O. The number of aliphatic hydroxyl groups is 1. The van der Waals surface area contributed by atoms with Gasteiger partial charge in [0.15, 0.2) is 0 Å². The lowest BCUT2D eigenvalue weighted by molar-refractivity contribution is -0.115. The van der Waals surface area contributed by atoms with Gasteiger partial charge >= 0.3 is 0 Å². The average Bonchev–Trinajstić information content (AvgIpc) is 3.11. The molecule has 1 aromatic carbocycles. The van der Waals surface area contributed by atoms with Gasteiger partial charge in [0.1, 0.15) is 0 Å². The van der Waals surface area contributed by atoms with E-state index in [1.54, 1.807) is 5.57 Å². The molecule has 0 unspecified atom stereocenters. The van der Waals surface area contributed by atoms with Crippen LogP contribution in [0.15, 0.2) is 30.5 Å². The normalized spacial score (nSPS) is 41.9. The molecule has 3 saturated carbocycles. The Labute approximate surface area is 185 Å². The van der Waals surface area contributed by atoms with E-state index in [-0.39, 0.29) is 11.5 Å². The highest BCUT2D eigenvalue weighted by molar-refractivity contribution is 5.85. The predicted molar refractivity (Wildman–Crippen MR) is 125 cm³/mol. The number of aliphatic hydroxyl groups excluding tert-OH is 1. The van der Waals surface area contributed by atoms with Crippen LogP contribution in [-0.2, 0) is 0 Å². The van der Waals surface area contributed by atoms with Crippen LogP contribution >= 0.6 is 0 Å². The SMILES string of the molecule is C[C@]12CC[C@H](O)C[C@@H]1CC[C@@H]1[C@@H]2CC[C@]2(C)C(c3ccc4nc(N)ncc4c3)=CC[C@@H]12. The minimum Gasteiger partial charge on any atom is -0.393 e. The summed E-state index contributed by atoms with van der Waals surface area (Å²) in [6, 6.07) is 6.60. The molecule has 1 aromatic heterocycles. The van der Waals surface area contributed by atoms with Crippen molar-refractivity contribution in [1.82, 2.24) is 9.97 Å². The summed E-state index contributed by atoms with van der Waals surface area (Å²) < 4.78 is 0. The van der Waals surface area contributed by atoms with E-state index in [0.717, 1.165) is 47.4 Å². The zero-order valence-electron chi connectivity index (χ0n) is 18.8. The molecule has 0 spiro atoms. The van der Waals surface area contributed by atoms with Crippen molar-refractivity contribution in [2.75, 3.05) is 5.73 Å². The molecule has 4 aliphatic carbocycles. The molecule has 4 aliphatic rings. The quantitative estimate of drug-likeness (QED) is 0.633. The van der Waals surface area contributed by atoms with E-state index in [2.05, 4.69) is 48.1 Å². The number of rotatable bonds is 1. The summed E-state index contributed by atoms with van der Waals surface area (Å²) in [5, 5.41) is 11.3. The number of benzene rings is 1. The van der Waals surface area contributed by atoms with Crippen LogP contribution in [-0.4, -0.2) is 21.2 Å². The van der Waals surface area contributed by atoms with Gasteiger partial charge in [-0.1, -0.05) is 26.0 Å². The van der Waals surface area contributed by atoms with Crippen LogP contribution in [0.1, 0.15) is 70.8 Å². The zero-order chi connectivity index (χ0) is 21.4. The summed E-state index contributed by atoms with van der Waals surface area (Å²) in [6.07, 6.45) is 14.1. The number of anilines is 1. The number of hydrogen-bond acceptors (Lipinski definition) is 4. The Morgan fingerprint density at radius 1 is 1.06 bits per heavy atom. The number of aromatic nitrogens is 2. The molecule has 2 aromatic rings. The van der Waals surface area contributed by atoms with Crippen molar-refractivity contribution in [2.24, 2.45) is 34.5 Å². The van der Waals surface area contributed by atoms with Crippen molar-refractivity contribution in [2.45, 2.75) is 71.3 Å². The summed E-state index contributed by atoms with van der Waals surface area (Å²) in [7, 11) is 0. The molecule has 4 heteroatoms. The van der Waals surface area contributed by atoms with E-state index in [0.29, 0.717) is 11.4 Å². The molecule has 3 N–H and O–H groups in total. The Bertz CT molecular complexity index is 1060. The Hall–Kier alpha value is -1.94. The van der Waals surface area contributed by atoms with Gasteiger partial charge in [-0.2, -0.15) is 0 Å². The number of nitrogen functional groups attached to an aromatic ring is 1. The lowest BCUT2D eigenvalue weighted by atomic mass is 9.44. The Balaban J connectivity index is 1.31. The maximum absolute atomic E-state index is 10.3. The number of fused-ring (bicyclic) bond motifs is 6. The maximum Gasteiger partial charge on any atom is 0.220 e. The standard InChI is InChI=1S/C27H35N3O/c1-26-11-9-19(31)14-18(26)4-5-20-22-7-6-21(27(22,2)12-10-23(20)26)16-3-8-24-17(13-16)15-29-25(28)30-24/h3,6,8,13,15,18-20,22-23,31H,4-5,7,9-12,14H2,1-2H3,(H2,28,29,30)/t18-,19-,20-,22-,23-,26-,27+/m0/s1. The van der Waals surface area contributed by atoms with Crippen molar-refractivity contribution in [3.8, 4) is 0 Å². The van der Waals surface area contributed by atoms with E-state index in [9.17, 15) is 5.11 Å². The molecule has 1 heterocycles. The topological polar surface area (TPSA) is 72.0 Å². The summed E-state index contributed by atoms with van der Waals surface area (Å²) in [5.41, 5.74) is 10.3. The van der Waals surface area contributed by atoms with E-state index < -0.39 is 0 Å². The van der Waals surface area contributed by atoms with Crippen LogP contribution in [0.5, 0.6) is 0 Å². The minimum atomic E-state index is -0.0598. The van der Waals surface area contributed by atoms with Gasteiger partial charge in [-0.25, -0.2) is 9.97 Å². The third-order valence-electron chi connectivity index (χ3n) is 10.1. The largest absolute Gasteiger partial charge is 0.393 e. The molecule has 0 aliphatic heterocycles. The summed E-state index contributed by atoms with van der Waals surface area (Å²) in [6.45, 7) is 5.11. The van der Waals surface area contributed by atoms with Crippen molar-refractivity contribution >= 4 is 22.4 Å². The Morgan fingerprint density at radius 3 is 2.81 bits per heavy atom. The fraction of sp³-hybridized carbons (Fsp3) is 0.630. The smallest absolute Gasteiger partial charge is 0.220 e. The number of nitrogens with zero attached hydrogens (tertiary/aromatic N) is 2. The van der Waals surface area contributed by atoms with Crippen LogP contribution in [0, 0.1) is 34.5 Å². The third-order valence-corrected chi connectivity index (χ3v) is 10.1. The first-order valence-electron chi connectivity index (χ1n) is 12.3. The highest BCUT2D eigenvalue weighted by atomic mass is 16.3. The maximum atomic E-state index is 10.3. The highest BCUT2D eigenvalue weighted by Gasteiger charge is 2.58. The van der Waals surface area contributed by atoms with Crippen LogP contribution in [0.25, 0.3) is 16.5 Å². The number of allylic oxidation sites excluding steroid dienone is 2. The molecule has 4 nitrogen and oxygen atoms in total. The summed E-state index contributed by atoms with van der Waals surface area (Å²) >= 11 is 0. The summed E-state index contributed by atoms with van der Waals surface area (Å²) in [5.74, 6) is 3.47. The zero-order valence-corrected chi connectivity index (χ0v) is 18.8. The first-order chi connectivity index (χ1) is 14.9. The molecule has 0 bridgehead atoms. The predicted octanol–water partition coefficient (Wildman–Crippen LogP) is 5.61. The lowest BCUT2D eigenvalue weighted by Gasteiger charge is -2.60. The monoisotopic (exact) mass is 417 g/mol. The van der Waals surface area contributed by atoms with Gasteiger partial charge < -0.3 is 10.8 Å². The first kappa shape index (κ1) is 19.7. The minimum absolute atomic E-state index is 0.0598. The molecule has 164 valence electrons. The van der Waals surface area contributed by atoms with E-state index in [4.69, 9.17) is 5.73 Å². The second-order valence-corrected chi connectivity index (χ2v) is 11.4. The van der Waals surface area contributed by atoms with Crippen LogP contribution in [0.2, 0.25) is 0 Å². The van der Waals surface area contributed by atoms with Gasteiger partial charge in [-0.3, -0.25) is 0 Å². The van der Waals surface area contributed by atoms with Gasteiger partial charge in [-0.15, -0.1) is 0 Å². The van der Waals surface area contributed by atoms with E-state index >= 15 is 0 Å². The number of hydrogen-bond donors (Lipinski definition) is 2. The average molecular weight is 418 g/mol. The molecule has 31 heavy (non-hydrogen) atoms. The van der Waals surface area contributed by atoms with Crippen molar-refractivity contribution < 1.29 is 5.11 Å². The molecule has 3 fully saturated rings. The van der Waals surface area contributed by atoms with Gasteiger partial charge in [-0.05, 0) is 109 Å². The van der Waals surface area contributed by atoms with Crippen molar-refractivity contribution in [3.05, 3.63) is 36.0 Å². The van der Waals surface area contributed by atoms with Gasteiger partial charge in [0.05, 0.1) is 11.6 Å². The van der Waals surface area contributed by atoms with Crippen LogP contribution < -0.4 is 5.73 Å². The Kier molecular flexibility index (Phi) is 4.31. The van der Waals surface area contributed by atoms with E-state index in [1.807, 2.05) is 6.20 Å². The Morgan fingerprint density at radius 2 is 1.94 bits per heavy atom. The van der Waals surface area contributed by atoms with Gasteiger partial charge in [0, 0.05) is 11.6 Å².